The molecule has 2 aromatic carbocycles. The second kappa shape index (κ2) is 8.05. The first-order valence-corrected chi connectivity index (χ1v) is 8.59. The Morgan fingerprint density at radius 1 is 1.15 bits per heavy atom. The Kier molecular flexibility index (Phi) is 5.57. The van der Waals surface area contributed by atoms with Crippen LogP contribution in [0.1, 0.15) is 6.42 Å². The maximum absolute atomic E-state index is 13.1. The number of hydrogen-bond donors (Lipinski definition) is 0. The normalized spacial score (nSPS) is 10.8. The number of carbonyl (C=O) groups is 1. The minimum atomic E-state index is -0.938. The number of benzene rings is 2. The van der Waals surface area contributed by atoms with Gasteiger partial charge < -0.3 is 4.74 Å². The van der Waals surface area contributed by atoms with E-state index in [1.807, 2.05) is 0 Å². The molecule has 0 radical (unpaired) electrons. The molecule has 0 bridgehead atoms. The summed E-state index contributed by atoms with van der Waals surface area (Å²) < 4.78 is 31.9. The van der Waals surface area contributed by atoms with Crippen LogP contribution in [-0.4, -0.2) is 26.7 Å². The third kappa shape index (κ3) is 4.23. The molecule has 3 aromatic rings. The van der Waals surface area contributed by atoms with Gasteiger partial charge in [-0.25, -0.2) is 8.78 Å². The number of fused-ring (bicyclic) bond motifs is 1. The first-order valence-electron chi connectivity index (χ1n) is 7.60. The first kappa shape index (κ1) is 18.0. The second-order valence-electron chi connectivity index (χ2n) is 5.23. The largest absolute Gasteiger partial charge is 0.442 e. The number of hydrogen-bond acceptors (Lipinski definition) is 6. The van der Waals surface area contributed by atoms with Crippen LogP contribution in [0.25, 0.3) is 10.9 Å². The second-order valence-corrected chi connectivity index (χ2v) is 6.40. The van der Waals surface area contributed by atoms with Gasteiger partial charge >= 0.3 is 5.97 Å². The summed E-state index contributed by atoms with van der Waals surface area (Å²) in [5, 5.41) is 7.99. The van der Waals surface area contributed by atoms with Gasteiger partial charge in [0.05, 0.1) is 11.8 Å². The van der Waals surface area contributed by atoms with Crippen molar-refractivity contribution in [2.75, 3.05) is 5.75 Å². The third-order valence-corrected chi connectivity index (χ3v) is 4.44. The van der Waals surface area contributed by atoms with Crippen molar-refractivity contribution in [3.63, 3.8) is 0 Å². The van der Waals surface area contributed by atoms with Gasteiger partial charge in [-0.1, -0.05) is 17.3 Å². The number of halogens is 2. The Morgan fingerprint density at radius 3 is 2.77 bits per heavy atom. The van der Waals surface area contributed by atoms with Crippen molar-refractivity contribution in [2.24, 2.45) is 0 Å². The van der Waals surface area contributed by atoms with E-state index in [1.165, 1.54) is 17.8 Å². The van der Waals surface area contributed by atoms with Crippen molar-refractivity contribution in [3.8, 4) is 0 Å². The summed E-state index contributed by atoms with van der Waals surface area (Å²) in [6.07, 6.45) is 0.0411. The van der Waals surface area contributed by atoms with Crippen molar-refractivity contribution in [3.05, 3.63) is 64.5 Å². The molecule has 1 heterocycles. The monoisotopic (exact) mass is 377 g/mol. The molecule has 0 N–H and O–H groups in total. The predicted molar refractivity (Wildman–Crippen MR) is 91.6 cm³/mol. The summed E-state index contributed by atoms with van der Waals surface area (Å²) in [6, 6.07) is 10.2. The molecule has 0 unspecified atom stereocenters. The van der Waals surface area contributed by atoms with E-state index in [0.717, 1.165) is 16.8 Å². The standard InChI is InChI=1S/C17H13F2N3O3S/c18-13-6-5-11(9-14(13)19)26-8-7-16(23)25-10-22-17(24)12-3-1-2-4-15(12)20-21-22/h1-6,9H,7-8,10H2. The molecular formula is C17H13F2N3O3S. The van der Waals surface area contributed by atoms with Gasteiger partial charge in [0.15, 0.2) is 18.4 Å². The molecule has 0 aliphatic rings. The molecule has 0 saturated carbocycles. The molecule has 1 aromatic heterocycles. The highest BCUT2D eigenvalue weighted by Crippen LogP contribution is 2.21. The molecule has 3 rings (SSSR count). The molecule has 9 heteroatoms. The van der Waals surface area contributed by atoms with Crippen LogP contribution in [0.2, 0.25) is 0 Å². The summed E-state index contributed by atoms with van der Waals surface area (Å²) >= 11 is 1.19. The zero-order valence-corrected chi connectivity index (χ0v) is 14.2. The van der Waals surface area contributed by atoms with Crippen molar-refractivity contribution < 1.29 is 18.3 Å². The van der Waals surface area contributed by atoms with Crippen LogP contribution in [0.3, 0.4) is 0 Å². The maximum Gasteiger partial charge on any atom is 0.308 e. The van der Waals surface area contributed by atoms with Crippen LogP contribution in [-0.2, 0) is 16.3 Å². The van der Waals surface area contributed by atoms with Gasteiger partial charge in [-0.2, -0.15) is 4.68 Å². The molecule has 0 fully saturated rings. The third-order valence-electron chi connectivity index (χ3n) is 3.44. The van der Waals surface area contributed by atoms with Crippen molar-refractivity contribution in [2.45, 2.75) is 18.0 Å². The van der Waals surface area contributed by atoms with E-state index >= 15 is 0 Å². The quantitative estimate of drug-likeness (QED) is 0.486. The van der Waals surface area contributed by atoms with Crippen molar-refractivity contribution in [1.82, 2.24) is 15.0 Å². The molecular weight excluding hydrogens is 364 g/mol. The Hall–Kier alpha value is -2.81. The summed E-state index contributed by atoms with van der Waals surface area (Å²) in [7, 11) is 0. The van der Waals surface area contributed by atoms with Gasteiger partial charge in [-0.3, -0.25) is 9.59 Å². The molecule has 134 valence electrons. The zero-order chi connectivity index (χ0) is 18.5. The smallest absolute Gasteiger partial charge is 0.308 e. The Morgan fingerprint density at radius 2 is 1.96 bits per heavy atom. The van der Waals surface area contributed by atoms with Crippen LogP contribution in [0, 0.1) is 11.6 Å². The number of thioether (sulfide) groups is 1. The van der Waals surface area contributed by atoms with E-state index in [9.17, 15) is 18.4 Å². The fraction of sp³-hybridized carbons (Fsp3) is 0.176. The van der Waals surface area contributed by atoms with E-state index < -0.39 is 23.2 Å². The molecule has 0 amide bonds. The minimum Gasteiger partial charge on any atom is -0.442 e. The van der Waals surface area contributed by atoms with Gasteiger partial charge in [-0.15, -0.1) is 16.9 Å². The predicted octanol–water partition coefficient (Wildman–Crippen LogP) is 2.75. The molecule has 0 spiro atoms. The van der Waals surface area contributed by atoms with E-state index in [-0.39, 0.29) is 13.2 Å². The number of carbonyl (C=O) groups excluding carboxylic acids is 1. The Balaban J connectivity index is 1.52. The number of aromatic nitrogens is 3. The van der Waals surface area contributed by atoms with Crippen molar-refractivity contribution in [1.29, 1.82) is 0 Å². The van der Waals surface area contributed by atoms with Gasteiger partial charge in [0.25, 0.3) is 5.56 Å². The van der Waals surface area contributed by atoms with E-state index in [4.69, 9.17) is 4.74 Å². The summed E-state index contributed by atoms with van der Waals surface area (Å²) in [5.41, 5.74) is 0.0579. The molecule has 0 atom stereocenters. The lowest BCUT2D eigenvalue weighted by Crippen LogP contribution is -2.26. The summed E-state index contributed by atoms with van der Waals surface area (Å²) in [6.45, 7) is -0.342. The van der Waals surface area contributed by atoms with Gasteiger partial charge in [0.1, 0.15) is 5.52 Å². The highest BCUT2D eigenvalue weighted by molar-refractivity contribution is 7.99. The highest BCUT2D eigenvalue weighted by Gasteiger charge is 2.09. The number of nitrogens with zero attached hydrogens (tertiary/aromatic N) is 3. The first-order chi connectivity index (χ1) is 12.5. The van der Waals surface area contributed by atoms with Crippen molar-refractivity contribution >= 4 is 28.6 Å². The molecule has 0 aliphatic carbocycles. The van der Waals surface area contributed by atoms with Gasteiger partial charge in [0.2, 0.25) is 0 Å². The zero-order valence-electron chi connectivity index (χ0n) is 13.4. The summed E-state index contributed by atoms with van der Waals surface area (Å²) in [4.78, 5) is 24.5. The molecule has 26 heavy (non-hydrogen) atoms. The topological polar surface area (TPSA) is 74.1 Å². The fourth-order valence-corrected chi connectivity index (χ4v) is 2.99. The fourth-order valence-electron chi connectivity index (χ4n) is 2.13. The minimum absolute atomic E-state index is 0.0411. The van der Waals surface area contributed by atoms with E-state index in [2.05, 4.69) is 10.3 Å². The number of esters is 1. The lowest BCUT2D eigenvalue weighted by molar-refractivity contribution is -0.147. The molecule has 6 nitrogen and oxygen atoms in total. The lowest BCUT2D eigenvalue weighted by atomic mass is 10.2. The average Bonchev–Trinajstić information content (AvgIpc) is 2.64. The maximum atomic E-state index is 13.1. The number of rotatable bonds is 6. The molecule has 0 aliphatic heterocycles. The van der Waals surface area contributed by atoms with Gasteiger partial charge in [0, 0.05) is 10.6 Å². The highest BCUT2D eigenvalue weighted by atomic mass is 32.2. The summed E-state index contributed by atoms with van der Waals surface area (Å²) in [5.74, 6) is -2.08. The van der Waals surface area contributed by atoms with Crippen LogP contribution in [0.4, 0.5) is 8.78 Å². The van der Waals surface area contributed by atoms with Crippen LogP contribution in [0.5, 0.6) is 0 Å². The van der Waals surface area contributed by atoms with Crippen LogP contribution < -0.4 is 5.56 Å². The average molecular weight is 377 g/mol. The molecule has 0 saturated heterocycles. The Bertz CT molecular complexity index is 1010. The van der Waals surface area contributed by atoms with Crippen LogP contribution in [0.15, 0.2) is 52.2 Å². The van der Waals surface area contributed by atoms with E-state index in [0.29, 0.717) is 21.6 Å². The Labute approximate surface area is 150 Å². The van der Waals surface area contributed by atoms with E-state index in [1.54, 1.807) is 24.3 Å². The SMILES string of the molecule is O=C(CCSc1ccc(F)c(F)c1)OCn1nnc2ccccc2c1=O. The van der Waals surface area contributed by atoms with Gasteiger partial charge in [-0.05, 0) is 30.3 Å². The lowest BCUT2D eigenvalue weighted by Gasteiger charge is -2.06. The van der Waals surface area contributed by atoms with Crippen LogP contribution >= 0.6 is 11.8 Å². The number of ether oxygens (including phenoxy) is 1.